The maximum Gasteiger partial charge on any atom is 0.413 e. The van der Waals surface area contributed by atoms with Crippen LogP contribution < -0.4 is 10.1 Å². The second-order valence-corrected chi connectivity index (χ2v) is 12.7. The Morgan fingerprint density at radius 3 is 2.36 bits per heavy atom. The van der Waals surface area contributed by atoms with Gasteiger partial charge in [-0.15, -0.1) is 0 Å². The van der Waals surface area contributed by atoms with Gasteiger partial charge in [-0.2, -0.15) is 4.31 Å². The van der Waals surface area contributed by atoms with Crippen molar-refractivity contribution in [3.8, 4) is 16.9 Å². The third kappa shape index (κ3) is 6.33. The average molecular weight is 629 g/mol. The number of nitrogens with zero attached hydrogens (tertiary/aromatic N) is 3. The highest BCUT2D eigenvalue weighted by Crippen LogP contribution is 2.34. The zero-order chi connectivity index (χ0) is 31.6. The number of ketones is 1. The van der Waals surface area contributed by atoms with Crippen molar-refractivity contribution in [3.63, 3.8) is 0 Å². The van der Waals surface area contributed by atoms with E-state index in [1.54, 1.807) is 24.3 Å². The molecule has 3 atom stereocenters. The van der Waals surface area contributed by atoms with Gasteiger partial charge >= 0.3 is 6.09 Å². The van der Waals surface area contributed by atoms with E-state index in [4.69, 9.17) is 4.74 Å². The van der Waals surface area contributed by atoms with Crippen molar-refractivity contribution in [1.29, 1.82) is 0 Å². The fourth-order valence-corrected chi connectivity index (χ4v) is 7.45. The minimum atomic E-state index is -4.04. The monoisotopic (exact) mass is 628 g/mol. The summed E-state index contributed by atoms with van der Waals surface area (Å²) in [5.41, 5.74) is 2.49. The maximum absolute atomic E-state index is 14.0. The molecule has 2 aliphatic rings. The molecular weight excluding hydrogens is 599 g/mol. The van der Waals surface area contributed by atoms with Gasteiger partial charge in [-0.3, -0.25) is 14.6 Å². The minimum absolute atomic E-state index is 0.0130. The molecule has 6 rings (SSSR count). The topological polar surface area (TPSA) is 126 Å². The van der Waals surface area contributed by atoms with Gasteiger partial charge in [-0.1, -0.05) is 54.6 Å². The number of hydrogen-bond donors (Lipinski definition) is 1. The van der Waals surface area contributed by atoms with Crippen LogP contribution in [0.1, 0.15) is 12.0 Å². The van der Waals surface area contributed by atoms with Crippen LogP contribution in [0, 0.1) is 5.82 Å². The first-order valence-corrected chi connectivity index (χ1v) is 15.8. The van der Waals surface area contributed by atoms with Gasteiger partial charge in [0, 0.05) is 25.4 Å². The van der Waals surface area contributed by atoms with E-state index >= 15 is 0 Å². The summed E-state index contributed by atoms with van der Waals surface area (Å²) >= 11 is 0. The summed E-state index contributed by atoms with van der Waals surface area (Å²) < 4.78 is 46.9. The van der Waals surface area contributed by atoms with Crippen LogP contribution in [0.4, 0.5) is 9.18 Å². The molecule has 1 aromatic heterocycles. The van der Waals surface area contributed by atoms with Gasteiger partial charge in [0.1, 0.15) is 28.5 Å². The van der Waals surface area contributed by atoms with Gasteiger partial charge in [-0.25, -0.2) is 17.6 Å². The van der Waals surface area contributed by atoms with Gasteiger partial charge < -0.3 is 15.0 Å². The highest BCUT2D eigenvalue weighted by atomic mass is 32.2. The first-order chi connectivity index (χ1) is 21.7. The summed E-state index contributed by atoms with van der Waals surface area (Å²) in [4.78, 5) is 45.4. The number of nitrogens with one attached hydrogen (secondary N) is 1. The second-order valence-electron chi connectivity index (χ2n) is 10.8. The number of fused-ring (bicyclic) bond motifs is 1. The first kappa shape index (κ1) is 30.1. The summed E-state index contributed by atoms with van der Waals surface area (Å²) in [5.74, 6) is -1.19. The fourth-order valence-electron chi connectivity index (χ4n) is 5.86. The maximum atomic E-state index is 14.0. The molecule has 3 heterocycles. The molecule has 0 aliphatic carbocycles. The number of ether oxygens (including phenoxy) is 1. The predicted molar refractivity (Wildman–Crippen MR) is 162 cm³/mol. The van der Waals surface area contributed by atoms with E-state index in [1.165, 1.54) is 53.7 Å². The van der Waals surface area contributed by atoms with Crippen molar-refractivity contribution in [3.05, 3.63) is 115 Å². The van der Waals surface area contributed by atoms with E-state index in [1.807, 2.05) is 30.3 Å². The Bertz CT molecular complexity index is 1810. The summed E-state index contributed by atoms with van der Waals surface area (Å²) in [7, 11) is -4.04. The third-order valence-electron chi connectivity index (χ3n) is 8.02. The van der Waals surface area contributed by atoms with Crippen LogP contribution in [0.25, 0.3) is 11.1 Å². The Morgan fingerprint density at radius 2 is 1.67 bits per heavy atom. The normalized spacial score (nSPS) is 18.8. The molecule has 2 fully saturated rings. The molecule has 10 nitrogen and oxygen atoms in total. The predicted octanol–water partition coefficient (Wildman–Crippen LogP) is 3.83. The zero-order valence-electron chi connectivity index (χ0n) is 24.0. The van der Waals surface area contributed by atoms with Gasteiger partial charge in [0.15, 0.2) is 5.78 Å². The van der Waals surface area contributed by atoms with Crippen LogP contribution in [-0.2, 0) is 26.0 Å². The molecule has 1 N–H and O–H groups in total. The third-order valence-corrected chi connectivity index (χ3v) is 9.87. The molecule has 4 aromatic rings. The lowest BCUT2D eigenvalue weighted by Crippen LogP contribution is -2.53. The van der Waals surface area contributed by atoms with E-state index in [9.17, 15) is 27.2 Å². The van der Waals surface area contributed by atoms with Gasteiger partial charge in [0.2, 0.25) is 15.9 Å². The summed E-state index contributed by atoms with van der Waals surface area (Å²) in [6.07, 6.45) is 2.00. The van der Waals surface area contributed by atoms with Crippen LogP contribution in [0.2, 0.25) is 0 Å². The number of carbonyl (C=O) groups is 3. The molecule has 0 saturated carbocycles. The number of halogens is 1. The molecule has 0 radical (unpaired) electrons. The Labute approximate surface area is 259 Å². The van der Waals surface area contributed by atoms with Crippen LogP contribution in [-0.4, -0.2) is 71.6 Å². The minimum Gasteiger partial charge on any atom is -0.410 e. The number of likely N-dealkylation sites (tertiary alicyclic amines) is 1. The van der Waals surface area contributed by atoms with Gasteiger partial charge in [0.25, 0.3) is 0 Å². The number of pyridine rings is 1. The molecule has 230 valence electrons. The molecule has 2 amide bonds. The molecule has 12 heteroatoms. The van der Waals surface area contributed by atoms with E-state index in [0.717, 1.165) is 15.4 Å². The van der Waals surface area contributed by atoms with Gasteiger partial charge in [0.05, 0.1) is 12.6 Å². The van der Waals surface area contributed by atoms with E-state index < -0.39 is 51.7 Å². The van der Waals surface area contributed by atoms with E-state index in [2.05, 4.69) is 10.3 Å². The lowest BCUT2D eigenvalue weighted by atomic mass is 10.0. The van der Waals surface area contributed by atoms with E-state index in [0.29, 0.717) is 5.56 Å². The first-order valence-electron chi connectivity index (χ1n) is 14.3. The standard InChI is InChI=1S/C33H29FN4O6S/c34-25-12-8-22(9-13-25)19-28(36-33(41)44-26-14-10-24(11-15-26)23-5-2-1-3-6-23)32(40)37-18-16-29-31(37)30(39)21-38(29)45(42,43)27-7-4-17-35-20-27/h1-15,17,20,28-29,31H,16,18-19,21H2,(H,36,41). The summed E-state index contributed by atoms with van der Waals surface area (Å²) in [6.45, 7) is -0.274. The largest absolute Gasteiger partial charge is 0.413 e. The highest BCUT2D eigenvalue weighted by molar-refractivity contribution is 7.89. The number of amides is 2. The SMILES string of the molecule is O=C(NC(Cc1ccc(F)cc1)C(=O)N1CCC2C1C(=O)CN2S(=O)(=O)c1cccnc1)Oc1ccc(-c2ccccc2)cc1. The van der Waals surface area contributed by atoms with Crippen molar-refractivity contribution in [2.45, 2.75) is 35.9 Å². The summed E-state index contributed by atoms with van der Waals surface area (Å²) in [5, 5.41) is 2.62. The molecule has 0 bridgehead atoms. The van der Waals surface area contributed by atoms with Crippen molar-refractivity contribution in [2.75, 3.05) is 13.1 Å². The molecule has 3 unspecified atom stereocenters. The van der Waals surface area contributed by atoms with Gasteiger partial charge in [-0.05, 0) is 59.5 Å². The Hall–Kier alpha value is -4.94. The lowest BCUT2D eigenvalue weighted by molar-refractivity contribution is -0.138. The molecule has 2 aliphatic heterocycles. The summed E-state index contributed by atoms with van der Waals surface area (Å²) in [6, 6.07) is 22.0. The number of benzene rings is 3. The van der Waals surface area contributed by atoms with Crippen molar-refractivity contribution < 1.29 is 31.9 Å². The van der Waals surface area contributed by atoms with Crippen LogP contribution >= 0.6 is 0 Å². The number of sulfonamides is 1. The molecule has 0 spiro atoms. The molecule has 45 heavy (non-hydrogen) atoms. The molecule has 3 aromatic carbocycles. The highest BCUT2D eigenvalue weighted by Gasteiger charge is 2.54. The Morgan fingerprint density at radius 1 is 0.956 bits per heavy atom. The number of rotatable bonds is 8. The number of carbonyl (C=O) groups excluding carboxylic acids is 3. The molecular formula is C33H29FN4O6S. The quantitative estimate of drug-likeness (QED) is 0.314. The Kier molecular flexibility index (Phi) is 8.42. The van der Waals surface area contributed by atoms with Crippen molar-refractivity contribution >= 4 is 27.8 Å². The number of aromatic nitrogens is 1. The number of hydrogen-bond acceptors (Lipinski definition) is 7. The fraction of sp³-hybridized carbons (Fsp3) is 0.212. The van der Waals surface area contributed by atoms with Crippen LogP contribution in [0.15, 0.2) is 108 Å². The van der Waals surface area contributed by atoms with Crippen molar-refractivity contribution in [2.24, 2.45) is 0 Å². The second kappa shape index (κ2) is 12.6. The lowest BCUT2D eigenvalue weighted by Gasteiger charge is -2.28. The van der Waals surface area contributed by atoms with E-state index in [-0.39, 0.29) is 36.6 Å². The molecule has 2 saturated heterocycles. The number of Topliss-reactive ketones (excluding diaryl/α,β-unsaturated/α-hetero) is 1. The Balaban J connectivity index is 1.20. The smallest absolute Gasteiger partial charge is 0.410 e. The zero-order valence-corrected chi connectivity index (χ0v) is 24.8. The van der Waals surface area contributed by atoms with Crippen LogP contribution in [0.5, 0.6) is 5.75 Å². The van der Waals surface area contributed by atoms with Crippen LogP contribution in [0.3, 0.4) is 0 Å². The average Bonchev–Trinajstić information content (AvgIpc) is 3.64. The van der Waals surface area contributed by atoms with Crippen molar-refractivity contribution in [1.82, 2.24) is 19.5 Å².